The highest BCUT2D eigenvalue weighted by molar-refractivity contribution is 6.35. The van der Waals surface area contributed by atoms with Crippen LogP contribution < -0.4 is 5.73 Å². The fourth-order valence-corrected chi connectivity index (χ4v) is 3.10. The smallest absolute Gasteiger partial charge is 0.166 e. The van der Waals surface area contributed by atoms with Gasteiger partial charge in [-0.2, -0.15) is 0 Å². The monoisotopic (exact) mass is 406 g/mol. The van der Waals surface area contributed by atoms with E-state index in [4.69, 9.17) is 28.9 Å². The summed E-state index contributed by atoms with van der Waals surface area (Å²) in [5.41, 5.74) is 6.67. The molecule has 0 amide bonds. The van der Waals surface area contributed by atoms with E-state index in [1.165, 1.54) is 18.7 Å². The molecule has 0 atom stereocenters. The first-order valence-electron chi connectivity index (χ1n) is 7.65. The molecule has 0 radical (unpaired) electrons. The molecule has 2 aliphatic heterocycles. The predicted molar refractivity (Wildman–Crippen MR) is 97.6 cm³/mol. The van der Waals surface area contributed by atoms with E-state index in [9.17, 15) is 8.78 Å². The Hall–Kier alpha value is -2.84. The molecule has 0 spiro atoms. The van der Waals surface area contributed by atoms with Crippen molar-refractivity contribution in [1.82, 2.24) is 24.5 Å². The number of nitrogens with two attached hydrogens (primary N) is 1. The maximum atomic E-state index is 14.1. The van der Waals surface area contributed by atoms with E-state index in [0.29, 0.717) is 21.4 Å². The van der Waals surface area contributed by atoms with Crippen LogP contribution in [0, 0.1) is 11.6 Å². The lowest BCUT2D eigenvalue weighted by Crippen LogP contribution is -2.10. The van der Waals surface area contributed by atoms with Crippen LogP contribution in [-0.4, -0.2) is 24.5 Å². The fraction of sp³-hybridized carbons (Fsp3) is 0.0588. The van der Waals surface area contributed by atoms with Gasteiger partial charge in [-0.05, 0) is 18.2 Å². The van der Waals surface area contributed by atoms with Crippen LogP contribution in [0.1, 0.15) is 5.56 Å². The zero-order valence-electron chi connectivity index (χ0n) is 13.5. The second-order valence-electron chi connectivity index (χ2n) is 5.68. The van der Waals surface area contributed by atoms with Gasteiger partial charge in [-0.3, -0.25) is 4.98 Å². The Morgan fingerprint density at radius 1 is 1.07 bits per heavy atom. The molecule has 2 aliphatic rings. The second-order valence-corrected chi connectivity index (χ2v) is 6.50. The molecule has 1 aromatic heterocycles. The van der Waals surface area contributed by atoms with E-state index in [2.05, 4.69) is 19.9 Å². The van der Waals surface area contributed by atoms with E-state index in [0.717, 1.165) is 18.2 Å². The third kappa shape index (κ3) is 3.17. The van der Waals surface area contributed by atoms with Crippen LogP contribution in [0.2, 0.25) is 10.0 Å². The second kappa shape index (κ2) is 6.71. The van der Waals surface area contributed by atoms with Crippen molar-refractivity contribution in [2.45, 2.75) is 6.54 Å². The normalized spacial score (nSPS) is 11.3. The molecule has 1 aromatic carbocycles. The highest BCUT2D eigenvalue weighted by Crippen LogP contribution is 2.31. The van der Waals surface area contributed by atoms with Gasteiger partial charge >= 0.3 is 0 Å². The van der Waals surface area contributed by atoms with Crippen molar-refractivity contribution in [1.29, 1.82) is 0 Å². The lowest BCUT2D eigenvalue weighted by molar-refractivity contribution is 0.602. The molecule has 0 saturated carbocycles. The average Bonchev–Trinajstić information content (AvgIpc) is 3.08. The van der Waals surface area contributed by atoms with E-state index in [-0.39, 0.29) is 29.4 Å². The van der Waals surface area contributed by atoms with Crippen molar-refractivity contribution in [2.24, 2.45) is 0 Å². The Kier molecular flexibility index (Phi) is 4.37. The number of nitrogen functional groups attached to an aromatic ring is 1. The van der Waals surface area contributed by atoms with Gasteiger partial charge in [0.15, 0.2) is 23.2 Å². The summed E-state index contributed by atoms with van der Waals surface area (Å²) in [4.78, 5) is 16.5. The van der Waals surface area contributed by atoms with Crippen molar-refractivity contribution in [3.05, 3.63) is 64.2 Å². The number of aromatic nitrogens is 5. The topological polar surface area (TPSA) is 82.5 Å². The van der Waals surface area contributed by atoms with Crippen LogP contribution >= 0.6 is 23.2 Å². The third-order valence-electron chi connectivity index (χ3n) is 3.94. The summed E-state index contributed by atoms with van der Waals surface area (Å²) in [6.07, 6.45) is 4.39. The number of anilines is 1. The number of halogens is 4. The van der Waals surface area contributed by atoms with Crippen LogP contribution in [0.3, 0.4) is 0 Å². The SMILES string of the molecule is Nc1ncn(Cc2c(Cl)cncc2Cl)c2nc(-c3cc(F)ccc3F)nc1-2. The molecule has 0 bridgehead atoms. The molecule has 0 unspecified atom stereocenters. The van der Waals surface area contributed by atoms with Gasteiger partial charge in [-0.1, -0.05) is 23.2 Å². The average molecular weight is 407 g/mol. The third-order valence-corrected chi connectivity index (χ3v) is 4.59. The number of hydrogen-bond donors (Lipinski definition) is 1. The summed E-state index contributed by atoms with van der Waals surface area (Å²) in [7, 11) is 0. The van der Waals surface area contributed by atoms with E-state index >= 15 is 0 Å². The van der Waals surface area contributed by atoms with Crippen LogP contribution in [0.4, 0.5) is 14.6 Å². The van der Waals surface area contributed by atoms with Gasteiger partial charge in [0.2, 0.25) is 0 Å². The number of fused-ring (bicyclic) bond motifs is 1. The number of rotatable bonds is 3. The Morgan fingerprint density at radius 2 is 1.81 bits per heavy atom. The summed E-state index contributed by atoms with van der Waals surface area (Å²) < 4.78 is 29.2. The van der Waals surface area contributed by atoms with Gasteiger partial charge < -0.3 is 10.3 Å². The van der Waals surface area contributed by atoms with Crippen LogP contribution in [-0.2, 0) is 6.54 Å². The number of imidazole rings is 1. The minimum Gasteiger partial charge on any atom is -0.382 e. The van der Waals surface area contributed by atoms with Crippen LogP contribution in [0.15, 0.2) is 36.9 Å². The largest absolute Gasteiger partial charge is 0.382 e. The maximum Gasteiger partial charge on any atom is 0.166 e. The minimum absolute atomic E-state index is 0.00220. The highest BCUT2D eigenvalue weighted by Gasteiger charge is 2.22. The van der Waals surface area contributed by atoms with Gasteiger partial charge in [0, 0.05) is 18.0 Å². The Morgan fingerprint density at radius 3 is 2.56 bits per heavy atom. The Balaban J connectivity index is 1.86. The zero-order valence-corrected chi connectivity index (χ0v) is 15.0. The number of nitrogens with zero attached hydrogens (tertiary/aromatic N) is 5. The Bertz CT molecular complexity index is 1110. The summed E-state index contributed by atoms with van der Waals surface area (Å²) in [5, 5.41) is 0.742. The molecule has 2 N–H and O–H groups in total. The lowest BCUT2D eigenvalue weighted by Gasteiger charge is -2.13. The van der Waals surface area contributed by atoms with Crippen molar-refractivity contribution < 1.29 is 8.78 Å². The lowest BCUT2D eigenvalue weighted by atomic mass is 10.2. The predicted octanol–water partition coefficient (Wildman–Crippen LogP) is 4.06. The standard InChI is InChI=1S/C17H10Cl2F2N6/c18-11-4-23-5-12(19)10(11)6-27-7-24-15(22)14-17(27)26-16(25-14)9-3-8(20)1-2-13(9)21/h1-5,7H,6,22H2. The summed E-state index contributed by atoms with van der Waals surface area (Å²) in [6, 6.07) is 3.05. The first-order chi connectivity index (χ1) is 12.9. The zero-order chi connectivity index (χ0) is 19.1. The van der Waals surface area contributed by atoms with Gasteiger partial charge in [0.25, 0.3) is 0 Å². The van der Waals surface area contributed by atoms with Gasteiger partial charge in [0.05, 0.1) is 28.5 Å². The van der Waals surface area contributed by atoms with Crippen molar-refractivity contribution in [3.63, 3.8) is 0 Å². The Labute approximate surface area is 162 Å². The molecule has 136 valence electrons. The summed E-state index contributed by atoms with van der Waals surface area (Å²) >= 11 is 12.3. The number of hydrogen-bond acceptors (Lipinski definition) is 5. The van der Waals surface area contributed by atoms with Crippen LogP contribution in [0.25, 0.3) is 22.9 Å². The molecule has 27 heavy (non-hydrogen) atoms. The quantitative estimate of drug-likeness (QED) is 0.554. The summed E-state index contributed by atoms with van der Waals surface area (Å²) in [5.74, 6) is -0.796. The van der Waals surface area contributed by atoms with Crippen LogP contribution in [0.5, 0.6) is 0 Å². The number of benzene rings is 1. The molecule has 0 fully saturated rings. The number of pyridine rings is 1. The molecule has 3 heterocycles. The highest BCUT2D eigenvalue weighted by atomic mass is 35.5. The van der Waals surface area contributed by atoms with Gasteiger partial charge in [-0.25, -0.2) is 23.7 Å². The fourth-order valence-electron chi connectivity index (χ4n) is 2.62. The molecule has 2 aromatic rings. The first kappa shape index (κ1) is 17.6. The molecular formula is C17H10Cl2F2N6. The first-order valence-corrected chi connectivity index (χ1v) is 8.41. The minimum atomic E-state index is -0.648. The molecule has 6 nitrogen and oxygen atoms in total. The maximum absolute atomic E-state index is 14.1. The van der Waals surface area contributed by atoms with Crippen molar-refractivity contribution in [2.75, 3.05) is 5.73 Å². The van der Waals surface area contributed by atoms with E-state index in [1.54, 1.807) is 4.57 Å². The molecule has 4 rings (SSSR count). The molecule has 10 heteroatoms. The molecule has 0 aliphatic carbocycles. The van der Waals surface area contributed by atoms with E-state index in [1.807, 2.05) is 0 Å². The molecule has 0 saturated heterocycles. The van der Waals surface area contributed by atoms with Crippen molar-refractivity contribution >= 4 is 29.0 Å². The van der Waals surface area contributed by atoms with Gasteiger partial charge in [0.1, 0.15) is 11.6 Å². The van der Waals surface area contributed by atoms with E-state index < -0.39 is 11.6 Å². The molecular weight excluding hydrogens is 397 g/mol. The van der Waals surface area contributed by atoms with Crippen molar-refractivity contribution in [3.8, 4) is 22.9 Å². The summed E-state index contributed by atoms with van der Waals surface area (Å²) in [6.45, 7) is 0.216. The van der Waals surface area contributed by atoms with Gasteiger partial charge in [-0.15, -0.1) is 0 Å².